The average Bonchev–Trinajstić information content (AvgIpc) is 3.25. The molecule has 5 rings (SSSR count). The summed E-state index contributed by atoms with van der Waals surface area (Å²) < 4.78 is 19.2. The highest BCUT2D eigenvalue weighted by Gasteiger charge is 2.37. The summed E-state index contributed by atoms with van der Waals surface area (Å²) in [5, 5.41) is 14.6. The summed E-state index contributed by atoms with van der Waals surface area (Å²) >= 11 is 0. The number of ether oxygens (including phenoxy) is 1. The van der Waals surface area contributed by atoms with E-state index in [1.54, 1.807) is 12.1 Å². The molecule has 3 aliphatic rings. The van der Waals surface area contributed by atoms with Crippen molar-refractivity contribution in [2.45, 2.75) is 69.3 Å². The van der Waals surface area contributed by atoms with E-state index >= 15 is 0 Å². The zero-order valence-corrected chi connectivity index (χ0v) is 21.1. The van der Waals surface area contributed by atoms with Gasteiger partial charge in [0.05, 0.1) is 0 Å². The predicted molar refractivity (Wildman–Crippen MR) is 142 cm³/mol. The molecule has 3 unspecified atom stereocenters. The minimum Gasteiger partial charge on any atom is -0.475 e. The molecule has 3 atom stereocenters. The molecule has 9 heteroatoms. The van der Waals surface area contributed by atoms with Gasteiger partial charge in [0.1, 0.15) is 29.7 Å². The number of carbonyl (C=O) groups is 1. The molecular weight excluding hydrogens is 471 g/mol. The van der Waals surface area contributed by atoms with Crippen molar-refractivity contribution < 1.29 is 13.9 Å². The van der Waals surface area contributed by atoms with Gasteiger partial charge < -0.3 is 26.4 Å². The molecule has 2 heterocycles. The van der Waals surface area contributed by atoms with Crippen LogP contribution in [0.4, 0.5) is 10.1 Å². The third-order valence-electron chi connectivity index (χ3n) is 7.93. The van der Waals surface area contributed by atoms with Crippen LogP contribution in [0, 0.1) is 17.1 Å². The van der Waals surface area contributed by atoms with Crippen molar-refractivity contribution in [2.24, 2.45) is 17.4 Å². The Hall–Kier alpha value is -3.17. The van der Waals surface area contributed by atoms with E-state index in [9.17, 15) is 9.18 Å². The van der Waals surface area contributed by atoms with E-state index in [4.69, 9.17) is 21.6 Å². The summed E-state index contributed by atoms with van der Waals surface area (Å²) in [5.74, 6) is 0.760. The highest BCUT2D eigenvalue weighted by molar-refractivity contribution is 5.97. The highest BCUT2D eigenvalue weighted by atomic mass is 19.1. The molecular formula is C28H37FN6O2. The van der Waals surface area contributed by atoms with Crippen LogP contribution >= 0.6 is 0 Å². The van der Waals surface area contributed by atoms with Gasteiger partial charge in [-0.3, -0.25) is 15.5 Å². The molecule has 7 N–H and O–H groups in total. The summed E-state index contributed by atoms with van der Waals surface area (Å²) in [6.07, 6.45) is 5.98. The first-order valence-electron chi connectivity index (χ1n) is 13.3. The molecule has 8 nitrogen and oxygen atoms in total. The summed E-state index contributed by atoms with van der Waals surface area (Å²) in [6.45, 7) is 1.47. The number of hydrogen-bond donors (Lipinski definition) is 5. The predicted octanol–water partition coefficient (Wildman–Crippen LogP) is 2.63. The van der Waals surface area contributed by atoms with Crippen molar-refractivity contribution in [2.75, 3.05) is 18.0 Å². The average molecular weight is 509 g/mol. The lowest BCUT2D eigenvalue weighted by atomic mass is 9.91. The van der Waals surface area contributed by atoms with Gasteiger partial charge in [-0.05, 0) is 80.3 Å². The molecule has 198 valence electrons. The van der Waals surface area contributed by atoms with Crippen molar-refractivity contribution >= 4 is 17.4 Å². The second-order valence-electron chi connectivity index (χ2n) is 10.7. The van der Waals surface area contributed by atoms with Crippen LogP contribution in [0.1, 0.15) is 49.7 Å². The lowest BCUT2D eigenvalue weighted by Gasteiger charge is -2.36. The Bertz CT molecular complexity index is 1110. The SMILES string of the molecule is N=C(N)c1ccc2c(c1)N(CC1CCC(Oc3ccc(F)cc3)NC1)C(C(=O)NC1CCC(N)CC1)C2. The Morgan fingerprint density at radius 3 is 2.54 bits per heavy atom. The molecule has 2 aliphatic heterocycles. The molecule has 0 bridgehead atoms. The van der Waals surface area contributed by atoms with Crippen molar-refractivity contribution in [3.8, 4) is 5.75 Å². The first-order valence-corrected chi connectivity index (χ1v) is 13.3. The Balaban J connectivity index is 1.25. The number of halogens is 1. The van der Waals surface area contributed by atoms with Crippen LogP contribution in [0.3, 0.4) is 0 Å². The van der Waals surface area contributed by atoms with Crippen molar-refractivity contribution in [1.82, 2.24) is 10.6 Å². The number of amidine groups is 1. The number of piperidine rings is 1. The molecule has 1 aliphatic carbocycles. The van der Waals surface area contributed by atoms with Gasteiger partial charge in [0.15, 0.2) is 0 Å². The number of amides is 1. The highest BCUT2D eigenvalue weighted by Crippen LogP contribution is 2.35. The monoisotopic (exact) mass is 508 g/mol. The molecule has 0 spiro atoms. The number of nitrogens with two attached hydrogens (primary N) is 2. The van der Waals surface area contributed by atoms with Crippen molar-refractivity contribution in [1.29, 1.82) is 5.41 Å². The molecule has 37 heavy (non-hydrogen) atoms. The van der Waals surface area contributed by atoms with E-state index in [2.05, 4.69) is 15.5 Å². The van der Waals surface area contributed by atoms with E-state index < -0.39 is 0 Å². The Kier molecular flexibility index (Phi) is 7.62. The van der Waals surface area contributed by atoms with Crippen LogP contribution in [-0.4, -0.2) is 49.2 Å². The van der Waals surface area contributed by atoms with Gasteiger partial charge in [0.25, 0.3) is 0 Å². The molecule has 0 aromatic heterocycles. The van der Waals surface area contributed by atoms with Crippen LogP contribution in [0.15, 0.2) is 42.5 Å². The molecule has 2 fully saturated rings. The number of nitrogens with one attached hydrogen (secondary N) is 3. The third kappa shape index (κ3) is 6.05. The van der Waals surface area contributed by atoms with Crippen molar-refractivity contribution in [3.05, 3.63) is 59.4 Å². The zero-order chi connectivity index (χ0) is 25.9. The van der Waals surface area contributed by atoms with Crippen molar-refractivity contribution in [3.63, 3.8) is 0 Å². The quantitative estimate of drug-likeness (QED) is 0.289. The van der Waals surface area contributed by atoms with Gasteiger partial charge in [-0.1, -0.05) is 12.1 Å². The molecule has 2 aromatic carbocycles. The minimum absolute atomic E-state index is 0.0225. The molecule has 1 amide bonds. The normalized spacial score (nSPS) is 27.4. The molecule has 2 aromatic rings. The second kappa shape index (κ2) is 11.1. The van der Waals surface area contributed by atoms with E-state index in [0.717, 1.165) is 62.9 Å². The maximum Gasteiger partial charge on any atom is 0.243 e. The molecule has 1 saturated carbocycles. The van der Waals surface area contributed by atoms with Crippen LogP contribution in [-0.2, 0) is 11.2 Å². The number of fused-ring (bicyclic) bond motifs is 1. The Labute approximate surface area is 217 Å². The number of rotatable bonds is 7. The van der Waals surface area contributed by atoms with Crippen LogP contribution in [0.2, 0.25) is 0 Å². The van der Waals surface area contributed by atoms with Gasteiger partial charge in [-0.25, -0.2) is 4.39 Å². The summed E-state index contributed by atoms with van der Waals surface area (Å²) in [5.41, 5.74) is 14.6. The van der Waals surface area contributed by atoms with E-state index in [1.165, 1.54) is 12.1 Å². The maximum atomic E-state index is 13.5. The number of nitrogens with zero attached hydrogens (tertiary/aromatic N) is 1. The van der Waals surface area contributed by atoms with E-state index in [1.807, 2.05) is 18.2 Å². The number of benzene rings is 2. The fraction of sp³-hybridized carbons (Fsp3) is 0.500. The first kappa shape index (κ1) is 25.5. The largest absolute Gasteiger partial charge is 0.475 e. The maximum absolute atomic E-state index is 13.5. The minimum atomic E-state index is -0.291. The van der Waals surface area contributed by atoms with E-state index in [-0.39, 0.29) is 41.9 Å². The van der Waals surface area contributed by atoms with Crippen LogP contribution in [0.5, 0.6) is 5.75 Å². The number of carbonyl (C=O) groups excluding carboxylic acids is 1. The number of nitrogen functional groups attached to an aromatic ring is 1. The fourth-order valence-corrected chi connectivity index (χ4v) is 5.78. The topological polar surface area (TPSA) is 129 Å². The lowest BCUT2D eigenvalue weighted by molar-refractivity contribution is -0.123. The fourth-order valence-electron chi connectivity index (χ4n) is 5.78. The lowest BCUT2D eigenvalue weighted by Crippen LogP contribution is -2.52. The van der Waals surface area contributed by atoms with Gasteiger partial charge in [-0.15, -0.1) is 0 Å². The summed E-state index contributed by atoms with van der Waals surface area (Å²) in [7, 11) is 0. The van der Waals surface area contributed by atoms with Crippen LogP contribution in [0.25, 0.3) is 0 Å². The summed E-state index contributed by atoms with van der Waals surface area (Å²) in [6, 6.07) is 12.0. The number of anilines is 1. The standard InChI is InChI=1S/C28H37FN6O2/c29-20-4-10-23(11-5-20)37-26-12-1-17(15-33-26)16-35-24-14-19(27(31)32)3-2-18(24)13-25(35)28(36)34-22-8-6-21(30)7-9-22/h2-5,10-11,14,17,21-22,25-26,33H,1,6-9,12-13,15-16,30H2,(H3,31,32)(H,34,36). The van der Waals surface area contributed by atoms with Gasteiger partial charge >= 0.3 is 0 Å². The van der Waals surface area contributed by atoms with Gasteiger partial charge in [0.2, 0.25) is 5.91 Å². The Morgan fingerprint density at radius 2 is 1.86 bits per heavy atom. The van der Waals surface area contributed by atoms with Gasteiger partial charge in [-0.2, -0.15) is 0 Å². The molecule has 0 radical (unpaired) electrons. The molecule has 1 saturated heterocycles. The smallest absolute Gasteiger partial charge is 0.243 e. The van der Waals surface area contributed by atoms with Gasteiger partial charge in [0, 0.05) is 42.8 Å². The zero-order valence-electron chi connectivity index (χ0n) is 21.1. The van der Waals surface area contributed by atoms with Crippen LogP contribution < -0.4 is 31.7 Å². The first-order chi connectivity index (χ1) is 17.9. The summed E-state index contributed by atoms with van der Waals surface area (Å²) in [4.78, 5) is 15.7. The Morgan fingerprint density at radius 1 is 1.11 bits per heavy atom. The van der Waals surface area contributed by atoms with E-state index in [0.29, 0.717) is 23.7 Å². The second-order valence-corrected chi connectivity index (χ2v) is 10.7. The third-order valence-corrected chi connectivity index (χ3v) is 7.93. The number of hydrogen-bond acceptors (Lipinski definition) is 6.